The molecule has 2 unspecified atom stereocenters. The first-order valence-corrected chi connectivity index (χ1v) is 9.18. The van der Waals surface area contributed by atoms with E-state index in [9.17, 15) is 9.32 Å². The van der Waals surface area contributed by atoms with Gasteiger partial charge < -0.3 is 15.2 Å². The van der Waals surface area contributed by atoms with Gasteiger partial charge in [0.1, 0.15) is 0 Å². The minimum Gasteiger partial charge on any atom is -0.388 e. The Hall–Kier alpha value is -0.790. The lowest BCUT2D eigenvalue weighted by Gasteiger charge is -2.34. The van der Waals surface area contributed by atoms with E-state index in [1.165, 1.54) is 0 Å². The van der Waals surface area contributed by atoms with E-state index in [0.29, 0.717) is 19.6 Å². The summed E-state index contributed by atoms with van der Waals surface area (Å²) in [4.78, 5) is 3.07. The van der Waals surface area contributed by atoms with Gasteiger partial charge in [-0.2, -0.15) is 0 Å². The molecule has 0 bridgehead atoms. The number of morpholine rings is 1. The number of benzene rings is 1. The molecule has 2 rings (SSSR count). The molecule has 124 valence electrons. The lowest BCUT2D eigenvalue weighted by Crippen LogP contribution is -2.50. The second-order valence-corrected chi connectivity index (χ2v) is 7.47. The Balaban J connectivity index is 1.75. The molecule has 5 nitrogen and oxygen atoms in total. The van der Waals surface area contributed by atoms with Crippen LogP contribution in [0, 0.1) is 0 Å². The summed E-state index contributed by atoms with van der Waals surface area (Å²) in [7, 11) is -0.938. The molecule has 1 aliphatic heterocycles. The molecule has 1 fully saturated rings. The zero-order valence-corrected chi connectivity index (χ0v) is 14.2. The predicted molar refractivity (Wildman–Crippen MR) is 88.4 cm³/mol. The Labute approximate surface area is 135 Å². The highest BCUT2D eigenvalue weighted by Gasteiger charge is 2.24. The highest BCUT2D eigenvalue weighted by molar-refractivity contribution is 7.84. The van der Waals surface area contributed by atoms with Crippen LogP contribution in [0.25, 0.3) is 0 Å². The van der Waals surface area contributed by atoms with Crippen LogP contribution in [0.2, 0.25) is 0 Å². The second kappa shape index (κ2) is 8.17. The van der Waals surface area contributed by atoms with Crippen LogP contribution in [0.4, 0.5) is 0 Å². The maximum Gasteiger partial charge on any atom is 0.0869 e. The molecule has 0 aliphatic carbocycles. The van der Waals surface area contributed by atoms with Crippen LogP contribution in [-0.4, -0.2) is 65.5 Å². The van der Waals surface area contributed by atoms with Crippen LogP contribution < -0.4 is 5.32 Å². The third-order valence-corrected chi connectivity index (χ3v) is 4.69. The van der Waals surface area contributed by atoms with Gasteiger partial charge in [0.2, 0.25) is 0 Å². The summed E-state index contributed by atoms with van der Waals surface area (Å²) in [5.74, 6) is 0. The predicted octanol–water partition coefficient (Wildman–Crippen LogP) is 0.597. The number of β-amino-alcohol motifs (C(OH)–C–C–N with tert-alkyl or cyclic N) is 1. The monoisotopic (exact) mass is 326 g/mol. The molecule has 6 heteroatoms. The van der Waals surface area contributed by atoms with Crippen molar-refractivity contribution in [3.05, 3.63) is 29.8 Å². The third-order valence-electron chi connectivity index (χ3n) is 3.76. The molecule has 22 heavy (non-hydrogen) atoms. The van der Waals surface area contributed by atoms with Crippen LogP contribution >= 0.6 is 0 Å². The van der Waals surface area contributed by atoms with Crippen molar-refractivity contribution in [2.24, 2.45) is 0 Å². The first-order valence-electron chi connectivity index (χ1n) is 7.62. The highest BCUT2D eigenvalue weighted by Crippen LogP contribution is 2.10. The molecule has 2 N–H and O–H groups in total. The Morgan fingerprint density at radius 1 is 1.32 bits per heavy atom. The van der Waals surface area contributed by atoms with Crippen LogP contribution in [0.15, 0.2) is 29.2 Å². The minimum absolute atomic E-state index is 0.534. The summed E-state index contributed by atoms with van der Waals surface area (Å²) in [5, 5.41) is 13.8. The normalized spacial score (nSPS) is 20.5. The van der Waals surface area contributed by atoms with E-state index in [1.54, 1.807) is 6.26 Å². The lowest BCUT2D eigenvalue weighted by molar-refractivity contribution is -0.0219. The van der Waals surface area contributed by atoms with Crippen molar-refractivity contribution < 1.29 is 14.1 Å². The van der Waals surface area contributed by atoms with Gasteiger partial charge in [0, 0.05) is 54.7 Å². The summed E-state index contributed by atoms with van der Waals surface area (Å²) in [5.41, 5.74) is 0.360. The fourth-order valence-corrected chi connectivity index (χ4v) is 3.09. The average Bonchev–Trinajstić information content (AvgIpc) is 2.48. The van der Waals surface area contributed by atoms with E-state index in [4.69, 9.17) is 4.74 Å². The van der Waals surface area contributed by atoms with Crippen LogP contribution in [0.5, 0.6) is 0 Å². The molecule has 0 spiro atoms. The number of hydrogen-bond acceptors (Lipinski definition) is 5. The van der Waals surface area contributed by atoms with E-state index in [0.717, 1.165) is 36.8 Å². The number of hydrogen-bond donors (Lipinski definition) is 2. The zero-order valence-electron chi connectivity index (χ0n) is 13.4. The van der Waals surface area contributed by atoms with Crippen LogP contribution in [0.1, 0.15) is 12.5 Å². The average molecular weight is 326 g/mol. The van der Waals surface area contributed by atoms with E-state index < -0.39 is 16.4 Å². The molecule has 2 atom stereocenters. The third kappa shape index (κ3) is 5.78. The second-order valence-electron chi connectivity index (χ2n) is 6.09. The van der Waals surface area contributed by atoms with Gasteiger partial charge in [-0.15, -0.1) is 0 Å². The maximum atomic E-state index is 11.3. The fraction of sp³-hybridized carbons (Fsp3) is 0.625. The van der Waals surface area contributed by atoms with Gasteiger partial charge in [0.05, 0.1) is 18.8 Å². The molecule has 1 aromatic rings. The quantitative estimate of drug-likeness (QED) is 0.768. The molecule has 0 amide bonds. The summed E-state index contributed by atoms with van der Waals surface area (Å²) < 4.78 is 16.7. The smallest absolute Gasteiger partial charge is 0.0869 e. The Morgan fingerprint density at radius 3 is 2.55 bits per heavy atom. The zero-order chi connectivity index (χ0) is 16.0. The first kappa shape index (κ1) is 17.6. The van der Waals surface area contributed by atoms with Gasteiger partial charge in [-0.3, -0.25) is 9.11 Å². The van der Waals surface area contributed by atoms with Crippen molar-refractivity contribution in [3.63, 3.8) is 0 Å². The van der Waals surface area contributed by atoms with Gasteiger partial charge in [-0.05, 0) is 24.6 Å². The number of aliphatic hydroxyl groups is 1. The van der Waals surface area contributed by atoms with E-state index in [-0.39, 0.29) is 0 Å². The van der Waals surface area contributed by atoms with Crippen molar-refractivity contribution >= 4 is 10.8 Å². The molecule has 0 aromatic heterocycles. The first-order chi connectivity index (χ1) is 10.5. The van der Waals surface area contributed by atoms with Crippen molar-refractivity contribution in [1.29, 1.82) is 0 Å². The topological polar surface area (TPSA) is 61.8 Å². The van der Waals surface area contributed by atoms with Crippen molar-refractivity contribution in [3.8, 4) is 0 Å². The van der Waals surface area contributed by atoms with Gasteiger partial charge in [-0.25, -0.2) is 0 Å². The molecular weight excluding hydrogens is 300 g/mol. The molecule has 0 saturated carbocycles. The Kier molecular flexibility index (Phi) is 6.52. The molecule has 1 aliphatic rings. The van der Waals surface area contributed by atoms with Crippen LogP contribution in [0.3, 0.4) is 0 Å². The molecular formula is C16H26N2O3S. The number of ether oxygens (including phenoxy) is 1. The largest absolute Gasteiger partial charge is 0.388 e. The molecule has 1 heterocycles. The number of nitrogens with zero attached hydrogens (tertiary/aromatic N) is 1. The van der Waals surface area contributed by atoms with Crippen molar-refractivity contribution in [2.75, 3.05) is 45.6 Å². The lowest BCUT2D eigenvalue weighted by atomic mass is 10.1. The van der Waals surface area contributed by atoms with E-state index in [1.807, 2.05) is 31.2 Å². The van der Waals surface area contributed by atoms with Gasteiger partial charge in [-0.1, -0.05) is 12.1 Å². The van der Waals surface area contributed by atoms with Crippen molar-refractivity contribution in [1.82, 2.24) is 10.2 Å². The molecule has 1 saturated heterocycles. The minimum atomic E-state index is -0.938. The summed E-state index contributed by atoms with van der Waals surface area (Å²) in [6, 6.07) is 7.72. The van der Waals surface area contributed by atoms with Crippen molar-refractivity contribution in [2.45, 2.75) is 24.0 Å². The summed E-state index contributed by atoms with van der Waals surface area (Å²) in [6.45, 7) is 6.98. The number of nitrogens with one attached hydrogen (secondary N) is 1. The number of rotatable bonds is 7. The molecule has 0 radical (unpaired) electrons. The summed E-state index contributed by atoms with van der Waals surface area (Å²) in [6.07, 6.45) is 1.68. The van der Waals surface area contributed by atoms with E-state index in [2.05, 4.69) is 10.2 Å². The Morgan fingerprint density at radius 2 is 1.95 bits per heavy atom. The maximum absolute atomic E-state index is 11.3. The van der Waals surface area contributed by atoms with Gasteiger partial charge in [0.15, 0.2) is 0 Å². The van der Waals surface area contributed by atoms with E-state index >= 15 is 0 Å². The van der Waals surface area contributed by atoms with Gasteiger partial charge in [0.25, 0.3) is 0 Å². The van der Waals surface area contributed by atoms with Gasteiger partial charge >= 0.3 is 0 Å². The molecule has 1 aromatic carbocycles. The standard InChI is InChI=1S/C16H26N2O3S/c1-16(19,13-18-7-9-21-10-8-18)12-17-11-14-3-5-15(6-4-14)22(2)20/h3-6,17,19H,7-13H2,1-2H3. The SMILES string of the molecule is CS(=O)c1ccc(CNCC(C)(O)CN2CCOCC2)cc1. The highest BCUT2D eigenvalue weighted by atomic mass is 32.2. The fourth-order valence-electron chi connectivity index (χ4n) is 2.57. The Bertz CT molecular complexity index is 485. The summed E-state index contributed by atoms with van der Waals surface area (Å²) >= 11 is 0. The van der Waals surface area contributed by atoms with Crippen LogP contribution in [-0.2, 0) is 22.1 Å².